The van der Waals surface area contributed by atoms with Crippen molar-refractivity contribution in [1.82, 2.24) is 20.9 Å². The van der Waals surface area contributed by atoms with Crippen molar-refractivity contribution in [1.29, 1.82) is 0 Å². The molecule has 2 unspecified atom stereocenters. The molecule has 0 saturated heterocycles. The van der Waals surface area contributed by atoms with E-state index >= 15 is 0 Å². The zero-order chi connectivity index (χ0) is 42.7. The number of carbonyl (C=O) groups excluding carboxylic acids is 5. The van der Waals surface area contributed by atoms with Gasteiger partial charge in [0.05, 0.1) is 13.1 Å². The van der Waals surface area contributed by atoms with Gasteiger partial charge in [0.15, 0.2) is 0 Å². The number of hydrogen-bond donors (Lipinski definition) is 4. The summed E-state index contributed by atoms with van der Waals surface area (Å²) in [5.74, 6) is -1.65. The summed E-state index contributed by atoms with van der Waals surface area (Å²) in [6.07, 6.45) is 0.684. The Morgan fingerprint density at radius 3 is 1.65 bits per heavy atom. The molecular weight excluding hydrogens is 759 g/mol. The third kappa shape index (κ3) is 14.2. The molecular formula is C48H53N5O7. The van der Waals surface area contributed by atoms with Gasteiger partial charge in [0, 0.05) is 18.5 Å². The van der Waals surface area contributed by atoms with Crippen molar-refractivity contribution in [2.45, 2.75) is 58.4 Å². The van der Waals surface area contributed by atoms with E-state index in [1.165, 1.54) is 0 Å². The van der Waals surface area contributed by atoms with Crippen LogP contribution in [0.2, 0.25) is 0 Å². The Kier molecular flexibility index (Phi) is 17.0. The van der Waals surface area contributed by atoms with Gasteiger partial charge in [-0.2, -0.15) is 0 Å². The summed E-state index contributed by atoms with van der Waals surface area (Å²) in [5.41, 5.74) is 9.78. The van der Waals surface area contributed by atoms with E-state index < -0.39 is 54.7 Å². The number of rotatable bonds is 21. The maximum atomic E-state index is 14.1. The van der Waals surface area contributed by atoms with Crippen LogP contribution in [0.15, 0.2) is 140 Å². The van der Waals surface area contributed by atoms with Gasteiger partial charge < -0.3 is 31.2 Å². The number of nitrogens with one attached hydrogen (secondary N) is 3. The Balaban J connectivity index is 1.20. The molecule has 0 saturated carbocycles. The van der Waals surface area contributed by atoms with Crippen molar-refractivity contribution >= 4 is 29.5 Å². The summed E-state index contributed by atoms with van der Waals surface area (Å²) in [6, 6.07) is 40.4. The number of benzene rings is 5. The van der Waals surface area contributed by atoms with Crippen LogP contribution in [-0.2, 0) is 45.2 Å². The molecule has 0 bridgehead atoms. The topological polar surface area (TPSA) is 169 Å². The first-order valence-electron chi connectivity index (χ1n) is 20.1. The molecule has 5 aromatic carbocycles. The first-order chi connectivity index (χ1) is 29.1. The second-order valence-electron chi connectivity index (χ2n) is 14.7. The average molecular weight is 812 g/mol. The van der Waals surface area contributed by atoms with Gasteiger partial charge in [-0.1, -0.05) is 117 Å². The lowest BCUT2D eigenvalue weighted by Crippen LogP contribution is -2.57. The minimum atomic E-state index is -1.11. The fourth-order valence-electron chi connectivity index (χ4n) is 6.37. The van der Waals surface area contributed by atoms with Crippen LogP contribution >= 0.6 is 0 Å². The molecule has 60 heavy (non-hydrogen) atoms. The Labute approximate surface area is 351 Å². The predicted octanol–water partition coefficient (Wildman–Crippen LogP) is 5.39. The molecule has 5 amide bonds. The van der Waals surface area contributed by atoms with Crippen molar-refractivity contribution in [3.63, 3.8) is 0 Å². The van der Waals surface area contributed by atoms with E-state index in [9.17, 15) is 24.0 Å². The largest absolute Gasteiger partial charge is 0.489 e. The monoisotopic (exact) mass is 811 g/mol. The molecule has 312 valence electrons. The molecule has 5 N–H and O–H groups in total. The summed E-state index contributed by atoms with van der Waals surface area (Å²) in [7, 11) is 0. The molecule has 0 aliphatic carbocycles. The molecule has 0 fully saturated rings. The van der Waals surface area contributed by atoms with Gasteiger partial charge in [0.25, 0.3) is 11.8 Å². The summed E-state index contributed by atoms with van der Waals surface area (Å²) >= 11 is 0. The summed E-state index contributed by atoms with van der Waals surface area (Å²) < 4.78 is 11.7. The number of hydrogen-bond acceptors (Lipinski definition) is 8. The van der Waals surface area contributed by atoms with Crippen LogP contribution in [0.4, 0.5) is 0 Å². The number of nitrogens with two attached hydrogens (primary N) is 1. The quantitative estimate of drug-likeness (QED) is 0.0765. The molecule has 5 rings (SSSR count). The van der Waals surface area contributed by atoms with E-state index in [-0.39, 0.29) is 25.3 Å². The molecule has 2 atom stereocenters. The molecule has 0 radical (unpaired) electrons. The van der Waals surface area contributed by atoms with E-state index in [1.807, 2.05) is 129 Å². The fourth-order valence-corrected chi connectivity index (χ4v) is 6.37. The number of imide groups is 1. The third-order valence-electron chi connectivity index (χ3n) is 9.57. The summed E-state index contributed by atoms with van der Waals surface area (Å²) in [4.78, 5) is 68.6. The normalized spacial score (nSPS) is 11.8. The molecule has 12 nitrogen and oxygen atoms in total. The number of amides is 5. The predicted molar refractivity (Wildman–Crippen MR) is 230 cm³/mol. The Bertz CT molecular complexity index is 2130. The van der Waals surface area contributed by atoms with E-state index in [0.29, 0.717) is 36.7 Å². The van der Waals surface area contributed by atoms with E-state index in [0.717, 1.165) is 27.2 Å². The lowest BCUT2D eigenvalue weighted by Gasteiger charge is -2.29. The average Bonchev–Trinajstić information content (AvgIpc) is 3.27. The first-order valence-corrected chi connectivity index (χ1v) is 20.1. The minimum absolute atomic E-state index is 0.0386. The fraction of sp³-hybridized carbons (Fsp3) is 0.271. The maximum absolute atomic E-state index is 14.1. The molecule has 0 aliphatic rings. The van der Waals surface area contributed by atoms with Crippen LogP contribution in [-0.4, -0.2) is 66.2 Å². The summed E-state index contributed by atoms with van der Waals surface area (Å²) in [6.45, 7) is 3.84. The lowest BCUT2D eigenvalue weighted by atomic mass is 10.00. The van der Waals surface area contributed by atoms with E-state index in [2.05, 4.69) is 16.0 Å². The lowest BCUT2D eigenvalue weighted by molar-refractivity contribution is -0.147. The highest BCUT2D eigenvalue weighted by Crippen LogP contribution is 2.17. The van der Waals surface area contributed by atoms with Crippen molar-refractivity contribution < 1.29 is 33.4 Å². The Morgan fingerprint density at radius 1 is 0.617 bits per heavy atom. The molecule has 0 heterocycles. The van der Waals surface area contributed by atoms with Crippen molar-refractivity contribution in [3.05, 3.63) is 167 Å². The minimum Gasteiger partial charge on any atom is -0.489 e. The number of nitrogens with zero attached hydrogens (tertiary/aromatic N) is 1. The molecule has 0 aromatic heterocycles. The van der Waals surface area contributed by atoms with Gasteiger partial charge in [-0.05, 0) is 77.4 Å². The highest BCUT2D eigenvalue weighted by Gasteiger charge is 2.32. The van der Waals surface area contributed by atoms with Gasteiger partial charge in [0.1, 0.15) is 36.8 Å². The van der Waals surface area contributed by atoms with Gasteiger partial charge in [-0.3, -0.25) is 28.9 Å². The highest BCUT2D eigenvalue weighted by molar-refractivity contribution is 6.01. The summed E-state index contributed by atoms with van der Waals surface area (Å²) in [5, 5.41) is 8.17. The Morgan fingerprint density at radius 2 is 1.13 bits per heavy atom. The van der Waals surface area contributed by atoms with Crippen molar-refractivity contribution in [2.75, 3.05) is 19.6 Å². The molecule has 12 heteroatoms. The zero-order valence-corrected chi connectivity index (χ0v) is 34.1. The first kappa shape index (κ1) is 44.3. The Hall–Kier alpha value is -6.79. The standard InChI is InChI=1S/C48H53N5O7/c1-34(2)28-43(48(58)53(45(55)30-49)27-26-35-18-22-40(23-19-35)59-32-37-14-8-4-9-15-37)52-47(57)42(29-36-12-6-3-7-13-36)51-44(54)31-50-46(56)39-20-24-41(25-21-39)60-33-38-16-10-5-11-17-38/h3-25,34,42-43H,26-33,49H2,1-2H3,(H,50,56)(H,51,54)(H,52,57). The van der Waals surface area contributed by atoms with Crippen LogP contribution in [0.25, 0.3) is 0 Å². The van der Waals surface area contributed by atoms with Crippen molar-refractivity contribution in [3.8, 4) is 11.5 Å². The molecule has 5 aromatic rings. The smallest absolute Gasteiger partial charge is 0.251 e. The highest BCUT2D eigenvalue weighted by atomic mass is 16.5. The van der Waals surface area contributed by atoms with E-state index in [4.69, 9.17) is 15.2 Å². The van der Waals surface area contributed by atoms with Crippen LogP contribution in [0.3, 0.4) is 0 Å². The second kappa shape index (κ2) is 23.0. The van der Waals surface area contributed by atoms with Gasteiger partial charge in [-0.15, -0.1) is 0 Å². The third-order valence-corrected chi connectivity index (χ3v) is 9.57. The van der Waals surface area contributed by atoms with Gasteiger partial charge in [-0.25, -0.2) is 0 Å². The molecule has 0 aliphatic heterocycles. The zero-order valence-electron chi connectivity index (χ0n) is 34.1. The molecule has 0 spiro atoms. The van der Waals surface area contributed by atoms with Gasteiger partial charge >= 0.3 is 0 Å². The van der Waals surface area contributed by atoms with Crippen LogP contribution in [0, 0.1) is 5.92 Å². The van der Waals surface area contributed by atoms with Crippen LogP contribution in [0.1, 0.15) is 52.9 Å². The SMILES string of the molecule is CC(C)CC(NC(=O)C(Cc1ccccc1)NC(=O)CNC(=O)c1ccc(OCc2ccccc2)cc1)C(=O)N(CCc1ccc(OCc2ccccc2)cc1)C(=O)CN. The van der Waals surface area contributed by atoms with Crippen LogP contribution < -0.4 is 31.2 Å². The maximum Gasteiger partial charge on any atom is 0.251 e. The number of ether oxygens (including phenoxy) is 2. The van der Waals surface area contributed by atoms with E-state index in [1.54, 1.807) is 24.3 Å². The van der Waals surface area contributed by atoms with Crippen LogP contribution in [0.5, 0.6) is 11.5 Å². The second-order valence-corrected chi connectivity index (χ2v) is 14.7. The number of carbonyl (C=O) groups is 5. The van der Waals surface area contributed by atoms with Gasteiger partial charge in [0.2, 0.25) is 17.7 Å². The van der Waals surface area contributed by atoms with Crippen molar-refractivity contribution in [2.24, 2.45) is 11.7 Å².